The average molecular weight is 632 g/mol. The van der Waals surface area contributed by atoms with E-state index in [1.165, 1.54) is 11.3 Å². The van der Waals surface area contributed by atoms with Crippen molar-refractivity contribution in [3.63, 3.8) is 0 Å². The molecular formula is C34H41N5O5S. The molecular weight excluding hydrogens is 590 g/mol. The van der Waals surface area contributed by atoms with Gasteiger partial charge in [0.05, 0.1) is 12.2 Å². The first-order chi connectivity index (χ1) is 21.5. The maximum atomic E-state index is 14.4. The molecule has 5 atom stereocenters. The van der Waals surface area contributed by atoms with Gasteiger partial charge in [0.1, 0.15) is 23.7 Å². The monoisotopic (exact) mass is 631 g/mol. The standard InChI is InChI=1S/C34H41N5O5S/c1-33(2,3)27-20-45-32(37-27)36-25-14-8-6-4-5-7-12-22-18-34(22,31(42)43)38-28(40)26-17-23(19-39(26)30(25)41)44-29-24-13-10-9-11-21(24)15-16-35-29/h7,9-13,15-16,20,22-23,25-26H,4-6,8,14,17-19H2,1-3H3,(H,36,37)(H,38,40)(H,42,43)/b12-7-/t22-,23+,25-,26-,34+/m0/s1. The summed E-state index contributed by atoms with van der Waals surface area (Å²) < 4.78 is 6.39. The van der Waals surface area contributed by atoms with Crippen LogP contribution in [0.1, 0.15) is 71.4 Å². The number of carbonyl (C=O) groups excluding carboxylic acids is 2. The maximum Gasteiger partial charge on any atom is 0.330 e. The van der Waals surface area contributed by atoms with Gasteiger partial charge in [-0.25, -0.2) is 14.8 Å². The van der Waals surface area contributed by atoms with E-state index in [2.05, 4.69) is 36.4 Å². The Kier molecular flexibility index (Phi) is 8.56. The zero-order valence-electron chi connectivity index (χ0n) is 26.0. The average Bonchev–Trinajstić information content (AvgIpc) is 3.30. The van der Waals surface area contributed by atoms with E-state index < -0.39 is 35.6 Å². The van der Waals surface area contributed by atoms with Gasteiger partial charge in [0.25, 0.3) is 0 Å². The van der Waals surface area contributed by atoms with E-state index in [0.717, 1.165) is 42.1 Å². The van der Waals surface area contributed by atoms with Crippen LogP contribution in [0.3, 0.4) is 0 Å². The summed E-state index contributed by atoms with van der Waals surface area (Å²) in [5.41, 5.74) is -0.547. The van der Waals surface area contributed by atoms with Crippen molar-refractivity contribution in [3.8, 4) is 5.88 Å². The molecule has 0 bridgehead atoms. The quantitative estimate of drug-likeness (QED) is 0.323. The van der Waals surface area contributed by atoms with Crippen molar-refractivity contribution in [1.82, 2.24) is 20.2 Å². The second-order valence-electron chi connectivity index (χ2n) is 13.4. The summed E-state index contributed by atoms with van der Waals surface area (Å²) in [6, 6.07) is 8.18. The van der Waals surface area contributed by atoms with Crippen LogP contribution in [0.5, 0.6) is 5.88 Å². The number of hydrogen-bond donors (Lipinski definition) is 3. The van der Waals surface area contributed by atoms with Crippen molar-refractivity contribution in [2.75, 3.05) is 11.9 Å². The van der Waals surface area contributed by atoms with Gasteiger partial charge in [-0.15, -0.1) is 11.3 Å². The summed E-state index contributed by atoms with van der Waals surface area (Å²) in [6.45, 7) is 6.47. The van der Waals surface area contributed by atoms with Crippen LogP contribution in [0, 0.1) is 5.92 Å². The van der Waals surface area contributed by atoms with Gasteiger partial charge in [-0.2, -0.15) is 0 Å². The number of nitrogens with one attached hydrogen (secondary N) is 2. The van der Waals surface area contributed by atoms with Gasteiger partial charge < -0.3 is 25.4 Å². The number of hydrogen-bond acceptors (Lipinski definition) is 8. The smallest absolute Gasteiger partial charge is 0.330 e. The van der Waals surface area contributed by atoms with Gasteiger partial charge in [-0.05, 0) is 43.2 Å². The number of amides is 2. The minimum Gasteiger partial charge on any atom is -0.479 e. The molecule has 45 heavy (non-hydrogen) atoms. The van der Waals surface area contributed by atoms with Crippen molar-refractivity contribution < 1.29 is 24.2 Å². The molecule has 2 fully saturated rings. The Balaban J connectivity index is 1.30. The molecule has 1 aliphatic carbocycles. The summed E-state index contributed by atoms with van der Waals surface area (Å²) in [5.74, 6) is -1.59. The lowest BCUT2D eigenvalue weighted by Gasteiger charge is -2.29. The minimum atomic E-state index is -1.36. The zero-order chi connectivity index (χ0) is 31.8. The fourth-order valence-corrected chi connectivity index (χ4v) is 7.32. The lowest BCUT2D eigenvalue weighted by atomic mass is 9.93. The number of allylic oxidation sites excluding steroid dienone is 1. The van der Waals surface area contributed by atoms with Crippen LogP contribution in [0.15, 0.2) is 54.1 Å². The number of thiazole rings is 1. The van der Waals surface area contributed by atoms with Crippen LogP contribution in [-0.4, -0.2) is 68.0 Å². The predicted molar refractivity (Wildman–Crippen MR) is 173 cm³/mol. The molecule has 1 aromatic carbocycles. The first-order valence-corrected chi connectivity index (χ1v) is 16.7. The van der Waals surface area contributed by atoms with Crippen LogP contribution >= 0.6 is 11.3 Å². The largest absolute Gasteiger partial charge is 0.479 e. The van der Waals surface area contributed by atoms with Crippen molar-refractivity contribution >= 4 is 45.0 Å². The van der Waals surface area contributed by atoms with Crippen molar-refractivity contribution in [1.29, 1.82) is 0 Å². The number of anilines is 1. The Morgan fingerprint density at radius 1 is 1.18 bits per heavy atom. The molecule has 3 N–H and O–H groups in total. The molecule has 6 rings (SSSR count). The molecule has 10 nitrogen and oxygen atoms in total. The number of fused-ring (bicyclic) bond motifs is 3. The lowest BCUT2D eigenvalue weighted by Crippen LogP contribution is -2.55. The highest BCUT2D eigenvalue weighted by atomic mass is 32.1. The third-order valence-corrected chi connectivity index (χ3v) is 9.88. The van der Waals surface area contributed by atoms with Gasteiger partial charge in [-0.3, -0.25) is 9.59 Å². The molecule has 3 aromatic rings. The number of pyridine rings is 1. The van der Waals surface area contributed by atoms with E-state index in [1.54, 1.807) is 11.1 Å². The van der Waals surface area contributed by atoms with E-state index in [0.29, 0.717) is 23.9 Å². The number of carboxylic acids is 1. The SMILES string of the molecule is CC(C)(C)c1csc(N[C@H]2CCCCC/C=C\[C@H]3C[C@@]3(C(=O)O)NC(=O)[C@@H]3C[C@@H](Oc4nccc5ccccc45)CN3C2=O)n1. The van der Waals surface area contributed by atoms with Crippen molar-refractivity contribution in [2.45, 2.75) is 94.9 Å². The Morgan fingerprint density at radius 3 is 2.78 bits per heavy atom. The van der Waals surface area contributed by atoms with Crippen molar-refractivity contribution in [2.24, 2.45) is 5.92 Å². The molecule has 238 valence electrons. The third kappa shape index (κ3) is 6.54. The van der Waals surface area contributed by atoms with E-state index in [4.69, 9.17) is 9.72 Å². The summed E-state index contributed by atoms with van der Waals surface area (Å²) in [4.78, 5) is 51.5. The highest BCUT2D eigenvalue weighted by molar-refractivity contribution is 7.13. The normalized spacial score (nSPS) is 28.3. The van der Waals surface area contributed by atoms with Crippen molar-refractivity contribution in [3.05, 3.63) is 59.8 Å². The molecule has 0 unspecified atom stereocenters. The van der Waals surface area contributed by atoms with Crippen LogP contribution in [0.2, 0.25) is 0 Å². The van der Waals surface area contributed by atoms with Gasteiger partial charge in [-0.1, -0.05) is 64.0 Å². The van der Waals surface area contributed by atoms with Crippen LogP contribution < -0.4 is 15.4 Å². The Morgan fingerprint density at radius 2 is 2.00 bits per heavy atom. The molecule has 2 amide bonds. The molecule has 0 radical (unpaired) electrons. The number of nitrogens with zero attached hydrogens (tertiary/aromatic N) is 3. The van der Waals surface area contributed by atoms with Crippen LogP contribution in [-0.2, 0) is 19.8 Å². The number of ether oxygens (including phenoxy) is 1. The number of carbonyl (C=O) groups is 3. The fourth-order valence-electron chi connectivity index (χ4n) is 6.32. The Hall–Kier alpha value is -3.99. The Labute approximate surface area is 267 Å². The number of rotatable bonds is 5. The summed E-state index contributed by atoms with van der Waals surface area (Å²) in [7, 11) is 0. The maximum absolute atomic E-state index is 14.4. The molecule has 2 aromatic heterocycles. The number of benzene rings is 1. The van der Waals surface area contributed by atoms with Gasteiger partial charge in [0.15, 0.2) is 5.13 Å². The highest BCUT2D eigenvalue weighted by Crippen LogP contribution is 2.45. The fraction of sp³-hybridized carbons (Fsp3) is 0.500. The topological polar surface area (TPSA) is 134 Å². The lowest BCUT2D eigenvalue weighted by molar-refractivity contribution is -0.145. The highest BCUT2D eigenvalue weighted by Gasteiger charge is 2.61. The molecule has 2 aliphatic heterocycles. The van der Waals surface area contributed by atoms with E-state index in [1.807, 2.05) is 47.9 Å². The van der Waals surface area contributed by atoms with E-state index in [9.17, 15) is 19.5 Å². The number of carboxylic acid groups (broad SMARTS) is 1. The summed E-state index contributed by atoms with van der Waals surface area (Å²) in [6.07, 6.45) is 9.74. The molecule has 1 saturated carbocycles. The first-order valence-electron chi connectivity index (χ1n) is 15.8. The molecule has 4 heterocycles. The minimum absolute atomic E-state index is 0.130. The van der Waals surface area contributed by atoms with E-state index >= 15 is 0 Å². The second-order valence-corrected chi connectivity index (χ2v) is 14.3. The number of aliphatic carboxylic acids is 1. The van der Waals surface area contributed by atoms with Gasteiger partial charge in [0.2, 0.25) is 17.7 Å². The number of aromatic nitrogens is 2. The third-order valence-electron chi connectivity index (χ3n) is 9.11. The molecule has 3 aliphatic rings. The predicted octanol–water partition coefficient (Wildman–Crippen LogP) is 5.30. The molecule has 0 spiro atoms. The van der Waals surface area contributed by atoms with E-state index in [-0.39, 0.29) is 30.2 Å². The second kappa shape index (κ2) is 12.4. The molecule has 1 saturated heterocycles. The van der Waals surface area contributed by atoms with Crippen LogP contribution in [0.4, 0.5) is 5.13 Å². The first kappa shape index (κ1) is 31.0. The summed E-state index contributed by atoms with van der Waals surface area (Å²) >= 11 is 1.47. The Bertz CT molecular complexity index is 1610. The zero-order valence-corrected chi connectivity index (χ0v) is 26.8. The van der Waals surface area contributed by atoms with Gasteiger partial charge >= 0.3 is 5.97 Å². The molecule has 11 heteroatoms. The summed E-state index contributed by atoms with van der Waals surface area (Å²) in [5, 5.41) is 20.9. The van der Waals surface area contributed by atoms with Crippen LogP contribution in [0.25, 0.3) is 10.8 Å². The van der Waals surface area contributed by atoms with Gasteiger partial charge in [0, 0.05) is 34.7 Å².